The minimum atomic E-state index is -3.97. The molecule has 3 aromatic rings. The second-order valence-electron chi connectivity index (χ2n) is 14.6. The van der Waals surface area contributed by atoms with Gasteiger partial charge in [-0.2, -0.15) is 12.7 Å². The van der Waals surface area contributed by atoms with E-state index in [1.807, 2.05) is 24.3 Å². The van der Waals surface area contributed by atoms with Gasteiger partial charge in [-0.05, 0) is 105 Å². The first kappa shape index (κ1) is 33.1. The molecule has 10 nitrogen and oxygen atoms in total. The Balaban J connectivity index is 1.36. The Bertz CT molecular complexity index is 1810. The molecule has 2 saturated carbocycles. The lowest BCUT2D eigenvalue weighted by Crippen LogP contribution is -2.59. The van der Waals surface area contributed by atoms with Crippen LogP contribution in [0.4, 0.5) is 0 Å². The molecule has 48 heavy (non-hydrogen) atoms. The van der Waals surface area contributed by atoms with Gasteiger partial charge in [-0.25, -0.2) is 4.72 Å². The quantitative estimate of drug-likeness (QED) is 0.327. The third-order valence-corrected chi connectivity index (χ3v) is 13.0. The molecule has 2 atom stereocenters. The van der Waals surface area contributed by atoms with E-state index in [2.05, 4.69) is 38.1 Å². The fraction of sp³-hybridized carbons (Fsp3) is 0.568. The van der Waals surface area contributed by atoms with Gasteiger partial charge < -0.3 is 14.2 Å². The molecule has 4 fully saturated rings. The van der Waals surface area contributed by atoms with E-state index in [0.717, 1.165) is 96.8 Å². The first-order valence-electron chi connectivity index (χ1n) is 17.6. The first-order valence-corrected chi connectivity index (χ1v) is 19.1. The smallest absolute Gasteiger partial charge is 0.303 e. The number of amides is 2. The molecule has 2 amide bonds. The molecule has 2 aliphatic carbocycles. The van der Waals surface area contributed by atoms with Gasteiger partial charge in [0.15, 0.2) is 0 Å². The number of carbonyl (C=O) groups is 2. The molecule has 4 aliphatic rings. The van der Waals surface area contributed by atoms with Crippen molar-refractivity contribution in [3.05, 3.63) is 53.6 Å². The van der Waals surface area contributed by atoms with E-state index < -0.39 is 21.5 Å². The van der Waals surface area contributed by atoms with Crippen LogP contribution in [0.5, 0.6) is 5.75 Å². The van der Waals surface area contributed by atoms with Crippen LogP contribution in [-0.2, 0) is 21.5 Å². The SMILES string of the molecule is COc1ccc(-c2c(C3CCCCC3)c3ccc(C(=O)NS(=O)(=O)N(C)C)cc3n2CC2(C(=O)N3CCN4CCCC4C3C)CC2)cc1. The summed E-state index contributed by atoms with van der Waals surface area (Å²) in [6.45, 7) is 5.54. The van der Waals surface area contributed by atoms with E-state index in [4.69, 9.17) is 4.74 Å². The molecule has 3 heterocycles. The number of hydrogen-bond donors (Lipinski definition) is 1. The molecular formula is C37H49N5O5S. The average Bonchev–Trinajstić information content (AvgIpc) is 3.58. The molecule has 11 heteroatoms. The summed E-state index contributed by atoms with van der Waals surface area (Å²) in [5.74, 6) is 0.684. The number of ether oxygens (including phenoxy) is 1. The standard InChI is InChI=1S/C37H49N5O5S/c1-25-31-11-8-20-40(31)21-22-41(25)36(44)37(18-19-37)24-42-32-23-28(35(43)38-48(45,46)39(2)3)14-17-30(32)33(26-9-6-5-7-10-26)34(42)27-12-15-29(47-4)16-13-27/h12-17,23,25-26,31H,5-11,18-22,24H2,1-4H3,(H,38,43). The fourth-order valence-corrected chi connectivity index (χ4v) is 9.16. The van der Waals surface area contributed by atoms with Crippen molar-refractivity contribution in [2.24, 2.45) is 5.41 Å². The Kier molecular flexibility index (Phi) is 8.83. The molecule has 2 aromatic carbocycles. The lowest BCUT2D eigenvalue weighted by atomic mass is 9.81. The minimum Gasteiger partial charge on any atom is -0.497 e. The van der Waals surface area contributed by atoms with Gasteiger partial charge in [-0.1, -0.05) is 25.3 Å². The molecular weight excluding hydrogens is 627 g/mol. The lowest BCUT2D eigenvalue weighted by Gasteiger charge is -2.44. The van der Waals surface area contributed by atoms with Crippen molar-refractivity contribution in [3.63, 3.8) is 0 Å². The summed E-state index contributed by atoms with van der Waals surface area (Å²) in [7, 11) is 0.473. The Labute approximate surface area is 284 Å². The summed E-state index contributed by atoms with van der Waals surface area (Å²) in [5.41, 5.74) is 4.02. The van der Waals surface area contributed by atoms with Crippen molar-refractivity contribution in [2.75, 3.05) is 40.8 Å². The molecule has 0 radical (unpaired) electrons. The van der Waals surface area contributed by atoms with Crippen molar-refractivity contribution in [3.8, 4) is 17.0 Å². The highest BCUT2D eigenvalue weighted by Gasteiger charge is 2.54. The topological polar surface area (TPSA) is 104 Å². The maximum Gasteiger partial charge on any atom is 0.303 e. The van der Waals surface area contributed by atoms with Crippen LogP contribution in [0, 0.1) is 5.41 Å². The van der Waals surface area contributed by atoms with Gasteiger partial charge >= 0.3 is 10.2 Å². The van der Waals surface area contributed by atoms with Crippen molar-refractivity contribution in [1.82, 2.24) is 23.4 Å². The fourth-order valence-electron chi connectivity index (χ4n) is 8.62. The molecule has 2 saturated heterocycles. The third-order valence-electron chi connectivity index (χ3n) is 11.6. The highest BCUT2D eigenvalue weighted by Crippen LogP contribution is 2.53. The van der Waals surface area contributed by atoms with Crippen LogP contribution in [0.3, 0.4) is 0 Å². The number of aromatic nitrogens is 1. The molecule has 258 valence electrons. The first-order chi connectivity index (χ1) is 23.0. The Morgan fingerprint density at radius 3 is 2.35 bits per heavy atom. The number of methoxy groups -OCH3 is 1. The summed E-state index contributed by atoms with van der Waals surface area (Å²) >= 11 is 0. The van der Waals surface area contributed by atoms with Crippen LogP contribution in [-0.4, -0.2) is 91.8 Å². The maximum atomic E-state index is 14.6. The van der Waals surface area contributed by atoms with E-state index in [1.54, 1.807) is 13.2 Å². The number of piperazine rings is 1. The number of hydrogen-bond acceptors (Lipinski definition) is 6. The number of nitrogens with one attached hydrogen (secondary N) is 1. The van der Waals surface area contributed by atoms with E-state index >= 15 is 0 Å². The van der Waals surface area contributed by atoms with Crippen molar-refractivity contribution < 1.29 is 22.7 Å². The van der Waals surface area contributed by atoms with Gasteiger partial charge in [0.2, 0.25) is 5.91 Å². The number of carbonyl (C=O) groups excluding carboxylic acids is 2. The van der Waals surface area contributed by atoms with Crippen LogP contribution in [0.1, 0.15) is 86.6 Å². The Hall–Kier alpha value is -3.41. The van der Waals surface area contributed by atoms with Crippen molar-refractivity contribution >= 4 is 32.9 Å². The third kappa shape index (κ3) is 5.92. The van der Waals surface area contributed by atoms with E-state index in [0.29, 0.717) is 18.5 Å². The van der Waals surface area contributed by atoms with Crippen molar-refractivity contribution in [1.29, 1.82) is 0 Å². The summed E-state index contributed by atoms with van der Waals surface area (Å²) in [5, 5.41) is 1.07. The second kappa shape index (κ2) is 12.8. The molecule has 2 unspecified atom stereocenters. The predicted molar refractivity (Wildman–Crippen MR) is 187 cm³/mol. The molecule has 1 N–H and O–H groups in total. The largest absolute Gasteiger partial charge is 0.497 e. The monoisotopic (exact) mass is 675 g/mol. The van der Waals surface area contributed by atoms with Gasteiger partial charge in [0.05, 0.1) is 18.2 Å². The number of nitrogens with zero attached hydrogens (tertiary/aromatic N) is 4. The summed E-state index contributed by atoms with van der Waals surface area (Å²) in [4.78, 5) is 32.7. The van der Waals surface area contributed by atoms with Gasteiger partial charge in [-0.15, -0.1) is 0 Å². The zero-order valence-corrected chi connectivity index (χ0v) is 29.5. The van der Waals surface area contributed by atoms with Gasteiger partial charge in [-0.3, -0.25) is 14.5 Å². The van der Waals surface area contributed by atoms with E-state index in [1.165, 1.54) is 32.5 Å². The minimum absolute atomic E-state index is 0.181. The molecule has 1 aromatic heterocycles. The number of benzene rings is 2. The maximum absolute atomic E-state index is 14.6. The zero-order chi connectivity index (χ0) is 33.8. The highest BCUT2D eigenvalue weighted by atomic mass is 32.2. The summed E-state index contributed by atoms with van der Waals surface area (Å²) in [6, 6.07) is 14.3. The van der Waals surface area contributed by atoms with Crippen LogP contribution >= 0.6 is 0 Å². The molecule has 2 aliphatic heterocycles. The Morgan fingerprint density at radius 2 is 1.69 bits per heavy atom. The normalized spacial score (nSPS) is 23.0. The zero-order valence-electron chi connectivity index (χ0n) is 28.7. The van der Waals surface area contributed by atoms with Crippen LogP contribution in [0.25, 0.3) is 22.2 Å². The lowest BCUT2D eigenvalue weighted by molar-refractivity contribution is -0.143. The number of fused-ring (bicyclic) bond motifs is 2. The van der Waals surface area contributed by atoms with Crippen LogP contribution in [0.15, 0.2) is 42.5 Å². The van der Waals surface area contributed by atoms with Crippen LogP contribution < -0.4 is 9.46 Å². The average molecular weight is 676 g/mol. The van der Waals surface area contributed by atoms with Gasteiger partial charge in [0.1, 0.15) is 5.75 Å². The highest BCUT2D eigenvalue weighted by molar-refractivity contribution is 7.87. The number of rotatable bonds is 9. The van der Waals surface area contributed by atoms with E-state index in [-0.39, 0.29) is 17.5 Å². The predicted octanol–water partition coefficient (Wildman–Crippen LogP) is 5.38. The Morgan fingerprint density at radius 1 is 0.958 bits per heavy atom. The van der Waals surface area contributed by atoms with Gasteiger partial charge in [0.25, 0.3) is 5.91 Å². The van der Waals surface area contributed by atoms with Crippen LogP contribution in [0.2, 0.25) is 0 Å². The second-order valence-corrected chi connectivity index (χ2v) is 16.5. The summed E-state index contributed by atoms with van der Waals surface area (Å²) in [6.07, 6.45) is 9.70. The van der Waals surface area contributed by atoms with E-state index in [9.17, 15) is 18.0 Å². The molecule has 7 rings (SSSR count). The molecule has 0 bridgehead atoms. The van der Waals surface area contributed by atoms with Crippen molar-refractivity contribution in [2.45, 2.75) is 89.3 Å². The molecule has 0 spiro atoms. The summed E-state index contributed by atoms with van der Waals surface area (Å²) < 4.78 is 36.2. The van der Waals surface area contributed by atoms with Gasteiger partial charge in [0, 0.05) is 62.3 Å².